The van der Waals surface area contributed by atoms with Gasteiger partial charge in [-0.1, -0.05) is 182 Å². The van der Waals surface area contributed by atoms with E-state index in [2.05, 4.69) is 252 Å². The van der Waals surface area contributed by atoms with E-state index in [4.69, 9.17) is 0 Å². The Morgan fingerprint density at radius 3 is 1.37 bits per heavy atom. The summed E-state index contributed by atoms with van der Waals surface area (Å²) in [6.45, 7) is 0. The summed E-state index contributed by atoms with van der Waals surface area (Å²) in [6.07, 6.45) is 0. The van der Waals surface area contributed by atoms with E-state index < -0.39 is 0 Å². The first-order valence-electron chi connectivity index (χ1n) is 20.6. The minimum Gasteiger partial charge on any atom is -0.310 e. The highest BCUT2D eigenvalue weighted by molar-refractivity contribution is 6.09. The zero-order valence-corrected chi connectivity index (χ0v) is 33.0. The lowest BCUT2D eigenvalue weighted by atomic mass is 9.97. The van der Waals surface area contributed by atoms with Crippen LogP contribution in [0, 0.1) is 0 Å². The molecule has 0 N–H and O–H groups in total. The molecule has 0 amide bonds. The molecule has 2 heteroatoms. The summed E-state index contributed by atoms with van der Waals surface area (Å²) in [5, 5.41) is 5.02. The van der Waals surface area contributed by atoms with Gasteiger partial charge in [0.15, 0.2) is 0 Å². The van der Waals surface area contributed by atoms with Crippen LogP contribution in [0.3, 0.4) is 0 Å². The van der Waals surface area contributed by atoms with Crippen LogP contribution in [0.2, 0.25) is 0 Å². The number of hydrogen-bond donors (Lipinski definition) is 0. The fraction of sp³-hybridized carbons (Fsp3) is 0. The normalized spacial score (nSPS) is 11.3. The minimum atomic E-state index is 1.09. The predicted octanol–water partition coefficient (Wildman–Crippen LogP) is 16.1. The lowest BCUT2D eigenvalue weighted by molar-refractivity contribution is 1.18. The number of aromatic nitrogens is 1. The second-order valence-electron chi connectivity index (χ2n) is 15.4. The molecule has 0 aliphatic heterocycles. The summed E-state index contributed by atoms with van der Waals surface area (Å²) >= 11 is 0. The minimum absolute atomic E-state index is 1.09. The molecule has 11 aromatic rings. The van der Waals surface area contributed by atoms with Gasteiger partial charge in [0.2, 0.25) is 0 Å². The van der Waals surface area contributed by atoms with Crippen LogP contribution in [0.15, 0.2) is 243 Å². The Bertz CT molecular complexity index is 3230. The zero-order valence-electron chi connectivity index (χ0n) is 33.0. The molecule has 0 atom stereocenters. The summed E-state index contributed by atoms with van der Waals surface area (Å²) in [5.74, 6) is 0. The molecule has 1 aromatic heterocycles. The van der Waals surface area contributed by atoms with Crippen molar-refractivity contribution >= 4 is 49.6 Å². The van der Waals surface area contributed by atoms with Crippen LogP contribution in [0.1, 0.15) is 0 Å². The highest BCUT2D eigenvalue weighted by Gasteiger charge is 2.16. The van der Waals surface area contributed by atoms with Crippen molar-refractivity contribution in [2.45, 2.75) is 0 Å². The maximum Gasteiger partial charge on any atom is 0.0541 e. The van der Waals surface area contributed by atoms with Crippen molar-refractivity contribution < 1.29 is 0 Å². The van der Waals surface area contributed by atoms with E-state index in [0.717, 1.165) is 22.7 Å². The van der Waals surface area contributed by atoms with Gasteiger partial charge in [-0.25, -0.2) is 0 Å². The van der Waals surface area contributed by atoms with E-state index in [9.17, 15) is 0 Å². The number of para-hydroxylation sites is 2. The van der Waals surface area contributed by atoms with E-state index in [-0.39, 0.29) is 0 Å². The predicted molar refractivity (Wildman–Crippen MR) is 255 cm³/mol. The van der Waals surface area contributed by atoms with E-state index in [1.807, 2.05) is 0 Å². The number of nitrogens with zero attached hydrogens (tertiary/aromatic N) is 2. The van der Waals surface area contributed by atoms with Crippen LogP contribution >= 0.6 is 0 Å². The Kier molecular flexibility index (Phi) is 8.87. The summed E-state index contributed by atoms with van der Waals surface area (Å²) in [6, 6.07) is 87.8. The SMILES string of the molecule is c1ccc(-c2ccc(-c3ccc(N(c4ccc(-c5cccc(-n6c7ccccc7c7ccccc76)c5)cc4)c4cccc(-c5cccc6ccccc56)c4)cc3)cc2)cc1. The molecule has 0 radical (unpaired) electrons. The summed E-state index contributed by atoms with van der Waals surface area (Å²) in [7, 11) is 0. The summed E-state index contributed by atoms with van der Waals surface area (Å²) < 4.78 is 2.38. The molecular weight excluding hydrogens is 725 g/mol. The smallest absolute Gasteiger partial charge is 0.0541 e. The third-order valence-electron chi connectivity index (χ3n) is 11.8. The van der Waals surface area contributed by atoms with Crippen LogP contribution in [0.4, 0.5) is 17.1 Å². The standard InChI is InChI=1S/C58H40N2/c1-2-13-41(14-3-1)42-27-29-43(30-28-42)44-31-35-49(36-32-44)59(51-19-11-18-48(40-51)54-24-12-16-46-15-4-5-21-53(46)54)50-37-33-45(34-38-50)47-17-10-20-52(39-47)60-57-25-8-6-22-55(57)56-23-7-9-26-58(56)60/h1-40H. The summed E-state index contributed by atoms with van der Waals surface area (Å²) in [4.78, 5) is 2.37. The molecule has 0 saturated carbocycles. The molecular formula is C58H40N2. The molecule has 1 heterocycles. The van der Waals surface area contributed by atoms with Crippen LogP contribution < -0.4 is 4.90 Å². The quantitative estimate of drug-likeness (QED) is 0.150. The third kappa shape index (κ3) is 6.41. The third-order valence-corrected chi connectivity index (χ3v) is 11.8. The van der Waals surface area contributed by atoms with Gasteiger partial charge in [-0.3, -0.25) is 0 Å². The molecule has 0 unspecified atom stereocenters. The van der Waals surface area contributed by atoms with Gasteiger partial charge in [0.1, 0.15) is 0 Å². The number of benzene rings is 10. The Morgan fingerprint density at radius 2 is 0.717 bits per heavy atom. The molecule has 282 valence electrons. The van der Waals surface area contributed by atoms with Crippen molar-refractivity contribution in [2.24, 2.45) is 0 Å². The van der Waals surface area contributed by atoms with Gasteiger partial charge in [-0.05, 0) is 116 Å². The molecule has 11 rings (SSSR count). The maximum absolute atomic E-state index is 2.38. The van der Waals surface area contributed by atoms with E-state index in [0.29, 0.717) is 0 Å². The van der Waals surface area contributed by atoms with Gasteiger partial charge in [0.05, 0.1) is 11.0 Å². The zero-order chi connectivity index (χ0) is 39.8. The van der Waals surface area contributed by atoms with Gasteiger partial charge < -0.3 is 9.47 Å². The number of rotatable bonds is 8. The van der Waals surface area contributed by atoms with Crippen LogP contribution in [0.5, 0.6) is 0 Å². The molecule has 2 nitrogen and oxygen atoms in total. The number of fused-ring (bicyclic) bond motifs is 4. The molecule has 0 saturated heterocycles. The average Bonchev–Trinajstić information content (AvgIpc) is 3.67. The van der Waals surface area contributed by atoms with Gasteiger partial charge in [-0.15, -0.1) is 0 Å². The Labute approximate surface area is 350 Å². The lowest BCUT2D eigenvalue weighted by Crippen LogP contribution is -2.10. The number of hydrogen-bond acceptors (Lipinski definition) is 1. The fourth-order valence-corrected chi connectivity index (χ4v) is 8.85. The fourth-order valence-electron chi connectivity index (χ4n) is 8.85. The largest absolute Gasteiger partial charge is 0.310 e. The monoisotopic (exact) mass is 764 g/mol. The van der Waals surface area contributed by atoms with Crippen molar-refractivity contribution in [3.05, 3.63) is 243 Å². The van der Waals surface area contributed by atoms with Gasteiger partial charge in [0, 0.05) is 33.5 Å². The Hall–Kier alpha value is -7.94. The van der Waals surface area contributed by atoms with Gasteiger partial charge >= 0.3 is 0 Å². The molecule has 0 aliphatic rings. The second kappa shape index (κ2) is 15.1. The molecule has 0 spiro atoms. The molecule has 0 bridgehead atoms. The van der Waals surface area contributed by atoms with Crippen LogP contribution in [-0.4, -0.2) is 4.57 Å². The van der Waals surface area contributed by atoms with Crippen LogP contribution in [0.25, 0.3) is 82.8 Å². The van der Waals surface area contributed by atoms with E-state index in [1.54, 1.807) is 0 Å². The topological polar surface area (TPSA) is 8.17 Å². The van der Waals surface area contributed by atoms with Crippen LogP contribution in [-0.2, 0) is 0 Å². The Morgan fingerprint density at radius 1 is 0.267 bits per heavy atom. The first kappa shape index (κ1) is 35.2. The van der Waals surface area contributed by atoms with Crippen molar-refractivity contribution in [3.63, 3.8) is 0 Å². The second-order valence-corrected chi connectivity index (χ2v) is 15.4. The van der Waals surface area contributed by atoms with E-state index in [1.165, 1.54) is 77.1 Å². The summed E-state index contributed by atoms with van der Waals surface area (Å²) in [5.41, 5.74) is 16.4. The maximum atomic E-state index is 2.38. The average molecular weight is 765 g/mol. The molecule has 0 aliphatic carbocycles. The highest BCUT2D eigenvalue weighted by atomic mass is 15.1. The van der Waals surface area contributed by atoms with Crippen molar-refractivity contribution in [2.75, 3.05) is 4.90 Å². The lowest BCUT2D eigenvalue weighted by Gasteiger charge is -2.26. The van der Waals surface area contributed by atoms with E-state index >= 15 is 0 Å². The number of anilines is 3. The highest BCUT2D eigenvalue weighted by Crippen LogP contribution is 2.40. The van der Waals surface area contributed by atoms with Gasteiger partial charge in [-0.2, -0.15) is 0 Å². The molecule has 0 fully saturated rings. The molecule has 10 aromatic carbocycles. The first-order chi connectivity index (χ1) is 29.7. The Balaban J connectivity index is 0.974. The van der Waals surface area contributed by atoms with Crippen molar-refractivity contribution in [1.29, 1.82) is 0 Å². The van der Waals surface area contributed by atoms with Crippen molar-refractivity contribution in [3.8, 4) is 50.2 Å². The van der Waals surface area contributed by atoms with Gasteiger partial charge in [0.25, 0.3) is 0 Å². The molecule has 60 heavy (non-hydrogen) atoms. The first-order valence-corrected chi connectivity index (χ1v) is 20.6. The van der Waals surface area contributed by atoms with Crippen molar-refractivity contribution in [1.82, 2.24) is 4.57 Å².